The van der Waals surface area contributed by atoms with E-state index in [2.05, 4.69) is 38.1 Å². The number of carbonyl (C=O) groups is 9. The number of imide groups is 1. The number of H-pyrrole nitrogens is 1. The molecule has 7 N–H and O–H groups in total. The lowest BCUT2D eigenvalue weighted by Gasteiger charge is -2.35. The number of benzene rings is 3. The van der Waals surface area contributed by atoms with Crippen molar-refractivity contribution in [2.24, 2.45) is 11.7 Å². The van der Waals surface area contributed by atoms with Crippen LogP contribution in [0.15, 0.2) is 72.8 Å². The van der Waals surface area contributed by atoms with Crippen molar-refractivity contribution < 1.29 is 51.9 Å². The lowest BCUT2D eigenvalue weighted by atomic mass is 9.91. The van der Waals surface area contributed by atoms with Crippen molar-refractivity contribution in [1.82, 2.24) is 41.0 Å². The van der Waals surface area contributed by atoms with Crippen molar-refractivity contribution >= 4 is 75.8 Å². The third-order valence-corrected chi connectivity index (χ3v) is 17.5. The van der Waals surface area contributed by atoms with Crippen LogP contribution in [0.4, 0.5) is 8.78 Å². The Morgan fingerprint density at radius 3 is 2.40 bits per heavy atom. The topological polar surface area (TPSA) is 253 Å². The first kappa shape index (κ1) is 57.1. The fourth-order valence-electron chi connectivity index (χ4n) is 11.7. The predicted molar refractivity (Wildman–Crippen MR) is 294 cm³/mol. The smallest absolute Gasteiger partial charge is 0.270 e. The van der Waals surface area contributed by atoms with Gasteiger partial charge in [0.2, 0.25) is 41.4 Å². The zero-order valence-electron chi connectivity index (χ0n) is 45.0. The molecule has 9 amide bonds. The van der Waals surface area contributed by atoms with E-state index in [1.54, 1.807) is 17.0 Å². The molecule has 0 aliphatic carbocycles. The van der Waals surface area contributed by atoms with Crippen molar-refractivity contribution in [2.75, 3.05) is 13.1 Å². The number of primary amides is 1. The Kier molecular flexibility index (Phi) is 17.1. The minimum atomic E-state index is -3.09. The summed E-state index contributed by atoms with van der Waals surface area (Å²) in [6.45, 7) is 5.58. The van der Waals surface area contributed by atoms with E-state index in [1.165, 1.54) is 45.8 Å². The van der Waals surface area contributed by atoms with Gasteiger partial charge in [0, 0.05) is 84.6 Å². The number of thioether (sulfide) groups is 1. The molecule has 3 aromatic carbocycles. The van der Waals surface area contributed by atoms with E-state index in [0.29, 0.717) is 54.7 Å². The minimum absolute atomic E-state index is 0.0697. The Morgan fingerprint density at radius 1 is 0.912 bits per heavy atom. The molecular weight excluding hydrogens is 1050 g/mol. The highest BCUT2D eigenvalue weighted by molar-refractivity contribution is 8.01. The summed E-state index contributed by atoms with van der Waals surface area (Å²) in [4.78, 5) is 129. The van der Waals surface area contributed by atoms with Crippen LogP contribution in [0.3, 0.4) is 0 Å². The van der Waals surface area contributed by atoms with Crippen molar-refractivity contribution in [3.63, 3.8) is 0 Å². The van der Waals surface area contributed by atoms with Crippen LogP contribution in [-0.2, 0) is 52.4 Å². The van der Waals surface area contributed by atoms with Gasteiger partial charge in [-0.2, -0.15) is 0 Å². The number of hydrogen-bond donors (Lipinski definition) is 6. The van der Waals surface area contributed by atoms with Crippen LogP contribution in [0.1, 0.15) is 141 Å². The van der Waals surface area contributed by atoms with Crippen LogP contribution in [-0.4, -0.2) is 126 Å². The average molecular weight is 1120 g/mol. The molecule has 4 fully saturated rings. The highest BCUT2D eigenvalue weighted by Gasteiger charge is 2.55. The minimum Gasteiger partial charge on any atom is -0.370 e. The van der Waals surface area contributed by atoms with E-state index >= 15 is 0 Å². The van der Waals surface area contributed by atoms with Crippen LogP contribution in [0.2, 0.25) is 0 Å². The molecule has 4 aromatic rings. The summed E-state index contributed by atoms with van der Waals surface area (Å²) >= 11 is 1.43. The number of halogens is 2. The summed E-state index contributed by atoms with van der Waals surface area (Å²) in [5.74, 6) is -0.826. The first-order valence-electron chi connectivity index (χ1n) is 27.4. The molecule has 9 rings (SSSR count). The van der Waals surface area contributed by atoms with Gasteiger partial charge in [0.15, 0.2) is 0 Å². The van der Waals surface area contributed by atoms with Crippen molar-refractivity contribution in [2.45, 2.75) is 157 Å². The lowest BCUT2D eigenvalue weighted by Crippen LogP contribution is -2.61. The average Bonchev–Trinajstić information content (AvgIpc) is 4.13. The van der Waals surface area contributed by atoms with Crippen molar-refractivity contribution in [1.29, 1.82) is 0 Å². The van der Waals surface area contributed by atoms with Gasteiger partial charge in [0.1, 0.15) is 35.9 Å². The largest absolute Gasteiger partial charge is 0.370 e. The molecular formula is C59H67F2N9O9S. The number of likely N-dealkylation sites (tertiary alicyclic amines) is 1. The van der Waals surface area contributed by atoms with Gasteiger partial charge in [-0.25, -0.2) is 8.78 Å². The van der Waals surface area contributed by atoms with Crippen LogP contribution in [0, 0.1) is 17.8 Å². The first-order valence-corrected chi connectivity index (χ1v) is 28.3. The summed E-state index contributed by atoms with van der Waals surface area (Å²) < 4.78 is 27.3. The summed E-state index contributed by atoms with van der Waals surface area (Å²) in [7, 11) is 0. The maximum atomic E-state index is 14.7. The number of nitrogens with zero attached hydrogens (tertiary/aromatic N) is 3. The van der Waals surface area contributed by atoms with E-state index in [9.17, 15) is 51.9 Å². The van der Waals surface area contributed by atoms with Crippen molar-refractivity contribution in [3.8, 4) is 11.8 Å². The fourth-order valence-corrected chi connectivity index (χ4v) is 13.4. The van der Waals surface area contributed by atoms with Gasteiger partial charge >= 0.3 is 0 Å². The zero-order chi connectivity index (χ0) is 57.0. The normalized spacial score (nSPS) is 21.8. The maximum Gasteiger partial charge on any atom is 0.270 e. The Hall–Kier alpha value is -7.60. The Balaban J connectivity index is 0.822. The fraction of sp³-hybridized carbons (Fsp3) is 0.475. The number of unbranched alkanes of at least 4 members (excludes halogenated alkanes) is 1. The summed E-state index contributed by atoms with van der Waals surface area (Å²) in [6, 6.07) is 14.8. The molecule has 0 spiro atoms. The van der Waals surface area contributed by atoms with Gasteiger partial charge < -0.3 is 41.4 Å². The second kappa shape index (κ2) is 24.0. The molecule has 422 valence electrons. The standard InChI is InChI=1S/C59H67F2N9O9S/c1-58(2)50(70-49(80-58)19-11-18-43(57(70)79)65-52(74)44-32-37-31-38(59(3,60)61)20-21-41(37)63-44)54(76)64-42(22-24-47(62)71)51(73)66-45(30-35-13-7-4-8-14-35)56(78)68-28-26-34(27-29-68)12-6-5-9-15-36-16-10-17-39-40(36)33-69(55(39)77)46-23-25-48(72)67-53(46)75/h4,7-8,10,13-14,16-17,20-21,31-32,34,42-43,45-46,49-50,63H,5-6,11-12,18-19,22-30,33H2,1-3H3,(H2,62,71)(H,64,76)(H,65,74)(H,66,73)(H,67,72,75)/t42-,43-,45-,46?,49+,50+/m0/s1. The van der Waals surface area contributed by atoms with Crippen molar-refractivity contribution in [3.05, 3.63) is 106 Å². The number of aromatic nitrogens is 1. The molecule has 0 bridgehead atoms. The molecule has 21 heteroatoms. The first-order chi connectivity index (χ1) is 38.1. The Morgan fingerprint density at radius 2 is 1.68 bits per heavy atom. The van der Waals surface area contributed by atoms with E-state index in [1.807, 2.05) is 50.2 Å². The van der Waals surface area contributed by atoms with E-state index in [4.69, 9.17) is 5.73 Å². The maximum absolute atomic E-state index is 14.7. The molecule has 0 radical (unpaired) electrons. The van der Waals surface area contributed by atoms with Gasteiger partial charge in [-0.3, -0.25) is 48.5 Å². The number of nitrogens with one attached hydrogen (secondary N) is 5. The van der Waals surface area contributed by atoms with E-state index < -0.39 is 81.7 Å². The van der Waals surface area contributed by atoms with Gasteiger partial charge in [-0.05, 0) is 119 Å². The van der Waals surface area contributed by atoms with E-state index in [0.717, 1.165) is 49.3 Å². The monoisotopic (exact) mass is 1120 g/mol. The summed E-state index contributed by atoms with van der Waals surface area (Å²) in [5, 5.41) is 10.8. The quantitative estimate of drug-likeness (QED) is 0.0452. The number of rotatable bonds is 17. The SMILES string of the molecule is CC(F)(F)c1ccc2[nH]c(C(=O)N[C@H]3CCC[C@H]4SC(C)(C)[C@@H](C(=O)N[C@@H](CCC(N)=O)C(=O)N[C@@H](Cc5ccccc5)C(=O)N5CCC(CCCC#Cc6cccc7c6CN(C6CCC(=O)NC6=O)C7=O)CC5)N4C3=O)cc2c1. The highest BCUT2D eigenvalue weighted by Crippen LogP contribution is 2.48. The zero-order valence-corrected chi connectivity index (χ0v) is 45.9. The van der Waals surface area contributed by atoms with Crippen LogP contribution in [0.5, 0.6) is 0 Å². The third kappa shape index (κ3) is 12.9. The number of aromatic amines is 1. The number of fused-ring (bicyclic) bond motifs is 3. The molecule has 4 saturated heterocycles. The molecule has 6 heterocycles. The third-order valence-electron chi connectivity index (χ3n) is 16.0. The number of alkyl halides is 2. The predicted octanol–water partition coefficient (Wildman–Crippen LogP) is 5.31. The van der Waals surface area contributed by atoms with Gasteiger partial charge in [0.05, 0.1) is 5.37 Å². The number of piperidine rings is 2. The second-order valence-electron chi connectivity index (χ2n) is 22.2. The molecule has 1 aromatic heterocycles. The molecule has 80 heavy (non-hydrogen) atoms. The Labute approximate surface area is 466 Å². The number of amides is 9. The molecule has 6 atom stereocenters. The lowest BCUT2D eigenvalue weighted by molar-refractivity contribution is -0.143. The highest BCUT2D eigenvalue weighted by atomic mass is 32.2. The van der Waals surface area contributed by atoms with Gasteiger partial charge in [-0.15, -0.1) is 11.8 Å². The summed E-state index contributed by atoms with van der Waals surface area (Å²) in [6.07, 6.45) is 5.21. The number of carbonyl (C=O) groups excluding carboxylic acids is 9. The van der Waals surface area contributed by atoms with Crippen LogP contribution in [0.25, 0.3) is 10.9 Å². The molecule has 0 saturated carbocycles. The molecule has 1 unspecified atom stereocenters. The molecule has 18 nitrogen and oxygen atoms in total. The van der Waals surface area contributed by atoms with Crippen LogP contribution >= 0.6 is 11.8 Å². The number of hydrogen-bond acceptors (Lipinski definition) is 10. The molecule has 5 aliphatic rings. The van der Waals surface area contributed by atoms with Gasteiger partial charge in [0.25, 0.3) is 17.7 Å². The second-order valence-corrected chi connectivity index (χ2v) is 24.0. The summed E-state index contributed by atoms with van der Waals surface area (Å²) in [5.41, 5.74) is 8.69. The number of nitrogens with two attached hydrogens (primary N) is 1. The Bertz CT molecular complexity index is 3160. The van der Waals surface area contributed by atoms with Crippen LogP contribution < -0.4 is 27.0 Å². The molecule has 5 aliphatic heterocycles. The van der Waals surface area contributed by atoms with E-state index in [-0.39, 0.29) is 74.0 Å². The van der Waals surface area contributed by atoms with Gasteiger partial charge in [-0.1, -0.05) is 54.3 Å².